The van der Waals surface area contributed by atoms with Crippen molar-refractivity contribution in [2.45, 2.75) is 45.1 Å². The van der Waals surface area contributed by atoms with Gasteiger partial charge in [-0.15, -0.1) is 0 Å². The van der Waals surface area contributed by atoms with E-state index in [-0.39, 0.29) is 17.4 Å². The number of fused-ring (bicyclic) bond motifs is 1. The summed E-state index contributed by atoms with van der Waals surface area (Å²) in [5.74, 6) is 0.108. The quantitative estimate of drug-likeness (QED) is 0.908. The van der Waals surface area contributed by atoms with Crippen LogP contribution in [0.25, 0.3) is 0 Å². The summed E-state index contributed by atoms with van der Waals surface area (Å²) in [4.78, 5) is 14.8. The van der Waals surface area contributed by atoms with Crippen molar-refractivity contribution in [3.8, 4) is 0 Å². The summed E-state index contributed by atoms with van der Waals surface area (Å²) in [5, 5.41) is 3.08. The minimum atomic E-state index is -0.00820. The third-order valence-corrected chi connectivity index (χ3v) is 4.52. The maximum absolute atomic E-state index is 12.6. The predicted molar refractivity (Wildman–Crippen MR) is 89.3 cm³/mol. The number of hydrogen-bond donors (Lipinski definition) is 1. The first-order valence-electron chi connectivity index (χ1n) is 7.99. The first kappa shape index (κ1) is 14.9. The maximum Gasteiger partial charge on any atom is 0.231 e. The SMILES string of the molecule is CC(C)(C)N1C=CC(NC(=O)C2CCc3ccccc32)=CC1. The molecule has 1 N–H and O–H groups in total. The van der Waals surface area contributed by atoms with Crippen molar-refractivity contribution in [2.75, 3.05) is 6.54 Å². The van der Waals surface area contributed by atoms with E-state index >= 15 is 0 Å². The Kier molecular flexibility index (Phi) is 3.81. The smallest absolute Gasteiger partial charge is 0.231 e. The van der Waals surface area contributed by atoms with Crippen LogP contribution >= 0.6 is 0 Å². The monoisotopic (exact) mass is 296 g/mol. The summed E-state index contributed by atoms with van der Waals surface area (Å²) >= 11 is 0. The minimum Gasteiger partial charge on any atom is -0.369 e. The molecule has 116 valence electrons. The van der Waals surface area contributed by atoms with Gasteiger partial charge in [-0.05, 0) is 56.9 Å². The molecule has 0 fully saturated rings. The van der Waals surface area contributed by atoms with Gasteiger partial charge in [0.05, 0.1) is 5.92 Å². The summed E-state index contributed by atoms with van der Waals surface area (Å²) in [6.45, 7) is 7.38. The third kappa shape index (κ3) is 2.94. The molecule has 1 aliphatic heterocycles. The van der Waals surface area contributed by atoms with Gasteiger partial charge in [0, 0.05) is 24.0 Å². The Morgan fingerprint density at radius 3 is 2.73 bits per heavy atom. The molecular weight excluding hydrogens is 272 g/mol. The molecular formula is C19H24N2O. The Balaban J connectivity index is 1.65. The van der Waals surface area contributed by atoms with Gasteiger partial charge in [0.2, 0.25) is 5.91 Å². The Labute approximate surface area is 132 Å². The fraction of sp³-hybridized carbons (Fsp3) is 0.421. The molecule has 0 aromatic heterocycles. The summed E-state index contributed by atoms with van der Waals surface area (Å²) in [7, 11) is 0. The molecule has 0 spiro atoms. The van der Waals surface area contributed by atoms with E-state index in [1.165, 1.54) is 11.1 Å². The molecule has 3 heteroatoms. The maximum atomic E-state index is 12.6. The molecule has 1 unspecified atom stereocenters. The molecule has 2 aliphatic rings. The molecule has 0 radical (unpaired) electrons. The summed E-state index contributed by atoms with van der Waals surface area (Å²) in [6, 6.07) is 8.28. The number of carbonyl (C=O) groups excluding carboxylic acids is 1. The van der Waals surface area contributed by atoms with Gasteiger partial charge < -0.3 is 10.2 Å². The van der Waals surface area contributed by atoms with Gasteiger partial charge in [-0.2, -0.15) is 0 Å². The van der Waals surface area contributed by atoms with Crippen molar-refractivity contribution in [3.63, 3.8) is 0 Å². The molecule has 1 aromatic carbocycles. The number of nitrogens with one attached hydrogen (secondary N) is 1. The second kappa shape index (κ2) is 5.64. The number of allylic oxidation sites excluding steroid dienone is 1. The van der Waals surface area contributed by atoms with Gasteiger partial charge in [0.15, 0.2) is 0 Å². The Hall–Kier alpha value is -2.03. The molecule has 1 heterocycles. The lowest BCUT2D eigenvalue weighted by molar-refractivity contribution is -0.121. The van der Waals surface area contributed by atoms with E-state index in [9.17, 15) is 4.79 Å². The highest BCUT2D eigenvalue weighted by atomic mass is 16.1. The lowest BCUT2D eigenvalue weighted by Crippen LogP contribution is -2.39. The lowest BCUT2D eigenvalue weighted by Gasteiger charge is -2.35. The Bertz CT molecular complexity index is 637. The minimum absolute atomic E-state index is 0.00820. The average Bonchev–Trinajstić information content (AvgIpc) is 2.91. The van der Waals surface area contributed by atoms with Crippen LogP contribution in [0.5, 0.6) is 0 Å². The van der Waals surface area contributed by atoms with Crippen LogP contribution in [-0.4, -0.2) is 22.9 Å². The van der Waals surface area contributed by atoms with Crippen molar-refractivity contribution < 1.29 is 4.79 Å². The number of rotatable bonds is 2. The first-order chi connectivity index (χ1) is 10.4. The van der Waals surface area contributed by atoms with E-state index in [2.05, 4.69) is 55.4 Å². The number of benzene rings is 1. The molecule has 1 aliphatic carbocycles. The van der Waals surface area contributed by atoms with Crippen molar-refractivity contribution in [3.05, 3.63) is 59.4 Å². The van der Waals surface area contributed by atoms with Crippen LogP contribution in [0.4, 0.5) is 0 Å². The van der Waals surface area contributed by atoms with Gasteiger partial charge in [-0.1, -0.05) is 24.3 Å². The van der Waals surface area contributed by atoms with Crippen LogP contribution in [0.2, 0.25) is 0 Å². The standard InChI is InChI=1S/C19H24N2O/c1-19(2,3)21-12-10-15(11-13-21)20-18(22)17-9-8-14-6-4-5-7-16(14)17/h4-7,10-12,17H,8-9,13H2,1-3H3,(H,20,22). The van der Waals surface area contributed by atoms with E-state index in [0.717, 1.165) is 25.1 Å². The highest BCUT2D eigenvalue weighted by molar-refractivity contribution is 5.86. The van der Waals surface area contributed by atoms with E-state index in [4.69, 9.17) is 0 Å². The normalized spacial score (nSPS) is 20.6. The average molecular weight is 296 g/mol. The molecule has 3 rings (SSSR count). The molecule has 1 aromatic rings. The van der Waals surface area contributed by atoms with Crippen LogP contribution in [0.3, 0.4) is 0 Å². The molecule has 0 saturated carbocycles. The zero-order chi connectivity index (χ0) is 15.7. The van der Waals surface area contributed by atoms with Crippen molar-refractivity contribution in [1.29, 1.82) is 0 Å². The summed E-state index contributed by atoms with van der Waals surface area (Å²) in [6.07, 6.45) is 8.06. The van der Waals surface area contributed by atoms with Crippen LogP contribution in [0.1, 0.15) is 44.2 Å². The van der Waals surface area contributed by atoms with E-state index in [1.54, 1.807) is 0 Å². The number of nitrogens with zero attached hydrogens (tertiary/aromatic N) is 1. The zero-order valence-corrected chi connectivity index (χ0v) is 13.6. The van der Waals surface area contributed by atoms with Gasteiger partial charge in [-0.3, -0.25) is 4.79 Å². The largest absolute Gasteiger partial charge is 0.369 e. The molecule has 3 nitrogen and oxygen atoms in total. The second-order valence-corrected chi connectivity index (χ2v) is 7.08. The van der Waals surface area contributed by atoms with Gasteiger partial charge >= 0.3 is 0 Å². The van der Waals surface area contributed by atoms with Crippen molar-refractivity contribution in [1.82, 2.24) is 10.2 Å². The van der Waals surface area contributed by atoms with Crippen LogP contribution < -0.4 is 5.32 Å². The third-order valence-electron chi connectivity index (χ3n) is 4.52. The Morgan fingerprint density at radius 1 is 1.27 bits per heavy atom. The lowest BCUT2D eigenvalue weighted by atomic mass is 10.0. The fourth-order valence-corrected chi connectivity index (χ4v) is 3.14. The van der Waals surface area contributed by atoms with Gasteiger partial charge in [0.1, 0.15) is 0 Å². The van der Waals surface area contributed by atoms with Crippen molar-refractivity contribution in [2.24, 2.45) is 0 Å². The predicted octanol–water partition coefficient (Wildman–Crippen LogP) is 3.34. The number of amides is 1. The highest BCUT2D eigenvalue weighted by Crippen LogP contribution is 2.33. The van der Waals surface area contributed by atoms with Gasteiger partial charge in [0.25, 0.3) is 0 Å². The van der Waals surface area contributed by atoms with Crippen LogP contribution in [-0.2, 0) is 11.2 Å². The van der Waals surface area contributed by atoms with Crippen LogP contribution in [0.15, 0.2) is 48.3 Å². The Morgan fingerprint density at radius 2 is 2.05 bits per heavy atom. The zero-order valence-electron chi connectivity index (χ0n) is 13.6. The second-order valence-electron chi connectivity index (χ2n) is 7.08. The molecule has 0 bridgehead atoms. The topological polar surface area (TPSA) is 32.3 Å². The molecule has 1 amide bonds. The molecule has 0 saturated heterocycles. The summed E-state index contributed by atoms with van der Waals surface area (Å²) < 4.78 is 0. The number of aryl methyl sites for hydroxylation is 1. The highest BCUT2D eigenvalue weighted by Gasteiger charge is 2.28. The molecule has 22 heavy (non-hydrogen) atoms. The van der Waals surface area contributed by atoms with Crippen LogP contribution in [0, 0.1) is 0 Å². The van der Waals surface area contributed by atoms with E-state index < -0.39 is 0 Å². The van der Waals surface area contributed by atoms with Gasteiger partial charge in [-0.25, -0.2) is 0 Å². The first-order valence-corrected chi connectivity index (χ1v) is 7.99. The van der Waals surface area contributed by atoms with E-state index in [0.29, 0.717) is 0 Å². The number of hydrogen-bond acceptors (Lipinski definition) is 2. The summed E-state index contributed by atoms with van der Waals surface area (Å²) in [5.41, 5.74) is 3.52. The molecule has 1 atom stereocenters. The van der Waals surface area contributed by atoms with E-state index in [1.807, 2.05) is 18.2 Å². The fourth-order valence-electron chi connectivity index (χ4n) is 3.14. The van der Waals surface area contributed by atoms with Crippen molar-refractivity contribution >= 4 is 5.91 Å². The number of carbonyl (C=O) groups is 1.